The van der Waals surface area contributed by atoms with Gasteiger partial charge < -0.3 is 4.74 Å². The second kappa shape index (κ2) is 9.83. The van der Waals surface area contributed by atoms with Gasteiger partial charge in [0, 0.05) is 6.42 Å². The zero-order chi connectivity index (χ0) is 18.9. The first-order valence-electron chi connectivity index (χ1n) is 8.58. The van der Waals surface area contributed by atoms with Crippen molar-refractivity contribution in [1.29, 1.82) is 0 Å². The summed E-state index contributed by atoms with van der Waals surface area (Å²) >= 11 is 0. The van der Waals surface area contributed by atoms with Gasteiger partial charge in [-0.3, -0.25) is 4.79 Å². The van der Waals surface area contributed by atoms with Gasteiger partial charge in [-0.15, -0.1) is 0 Å². The summed E-state index contributed by atoms with van der Waals surface area (Å²) in [7, 11) is 1.74. The summed E-state index contributed by atoms with van der Waals surface area (Å²) in [6.45, 7) is 10.7. The third-order valence-corrected chi connectivity index (χ3v) is 4.19. The van der Waals surface area contributed by atoms with E-state index >= 15 is 0 Å². The molecule has 0 bridgehead atoms. The Morgan fingerprint density at radius 2 is 1.72 bits per heavy atom. The standard InChI is InChI=1S/C23H30O2/c1-18(10-7-8-15-24)11-9-12-19(2)13-14-22-20(3)16-21(25-6)17-23(22,4)5/h7-16H,17H2,1-6H3/b8-7+,11-9+,14-13+,18-10+,19-12+. The van der Waals surface area contributed by atoms with Gasteiger partial charge in [-0.2, -0.15) is 0 Å². The number of rotatable bonds is 7. The van der Waals surface area contributed by atoms with Gasteiger partial charge in [-0.1, -0.05) is 67.5 Å². The van der Waals surface area contributed by atoms with E-state index in [1.807, 2.05) is 25.2 Å². The molecular weight excluding hydrogens is 308 g/mol. The second-order valence-electron chi connectivity index (χ2n) is 7.01. The van der Waals surface area contributed by atoms with Crippen LogP contribution in [0, 0.1) is 5.41 Å². The Kier molecular flexibility index (Phi) is 8.13. The van der Waals surface area contributed by atoms with Gasteiger partial charge in [0.05, 0.1) is 12.9 Å². The number of ether oxygens (including phenoxy) is 1. The molecule has 0 radical (unpaired) electrons. The number of aldehydes is 1. The van der Waals surface area contributed by atoms with Crippen LogP contribution in [0.4, 0.5) is 0 Å². The molecule has 0 heterocycles. The number of carbonyl (C=O) groups excluding carboxylic acids is 1. The molecule has 0 saturated heterocycles. The van der Waals surface area contributed by atoms with E-state index in [0.717, 1.165) is 24.0 Å². The Morgan fingerprint density at radius 1 is 1.08 bits per heavy atom. The molecule has 0 unspecified atom stereocenters. The highest BCUT2D eigenvalue weighted by Gasteiger charge is 2.28. The van der Waals surface area contributed by atoms with Crippen molar-refractivity contribution in [2.24, 2.45) is 5.41 Å². The van der Waals surface area contributed by atoms with Crippen LogP contribution in [0.1, 0.15) is 41.0 Å². The molecule has 1 aliphatic rings. The predicted octanol–water partition coefficient (Wildman–Crippen LogP) is 6.02. The average Bonchev–Trinajstić information content (AvgIpc) is 2.53. The van der Waals surface area contributed by atoms with Crippen molar-refractivity contribution in [3.63, 3.8) is 0 Å². The monoisotopic (exact) mass is 338 g/mol. The van der Waals surface area contributed by atoms with E-state index in [1.165, 1.54) is 22.8 Å². The maximum Gasteiger partial charge on any atom is 0.142 e. The van der Waals surface area contributed by atoms with Gasteiger partial charge in [0.1, 0.15) is 6.29 Å². The highest BCUT2D eigenvalue weighted by molar-refractivity contribution is 5.65. The van der Waals surface area contributed by atoms with Gasteiger partial charge >= 0.3 is 0 Å². The first kappa shape index (κ1) is 20.7. The first-order chi connectivity index (χ1) is 11.8. The van der Waals surface area contributed by atoms with E-state index in [2.05, 4.69) is 52.0 Å². The van der Waals surface area contributed by atoms with Gasteiger partial charge in [0.15, 0.2) is 0 Å². The molecule has 0 aromatic rings. The second-order valence-corrected chi connectivity index (χ2v) is 7.01. The fourth-order valence-electron chi connectivity index (χ4n) is 2.85. The Bertz CT molecular complexity index is 690. The van der Waals surface area contributed by atoms with Gasteiger partial charge in [0.25, 0.3) is 0 Å². The van der Waals surface area contributed by atoms with Gasteiger partial charge in [-0.25, -0.2) is 0 Å². The first-order valence-corrected chi connectivity index (χ1v) is 8.58. The molecule has 1 aliphatic carbocycles. The van der Waals surface area contributed by atoms with Crippen LogP contribution in [0.3, 0.4) is 0 Å². The zero-order valence-electron chi connectivity index (χ0n) is 16.3. The fraction of sp³-hybridized carbons (Fsp3) is 0.348. The quantitative estimate of drug-likeness (QED) is 0.322. The van der Waals surface area contributed by atoms with Crippen molar-refractivity contribution >= 4 is 6.29 Å². The molecule has 2 nitrogen and oxygen atoms in total. The molecule has 0 aliphatic heterocycles. The van der Waals surface area contributed by atoms with Crippen molar-refractivity contribution in [2.75, 3.05) is 7.11 Å². The maximum absolute atomic E-state index is 10.2. The minimum Gasteiger partial charge on any atom is -0.501 e. The Labute approximate surface area is 152 Å². The topological polar surface area (TPSA) is 26.3 Å². The van der Waals surface area contributed by atoms with Crippen LogP contribution >= 0.6 is 0 Å². The van der Waals surface area contributed by atoms with E-state index in [0.29, 0.717) is 0 Å². The van der Waals surface area contributed by atoms with Gasteiger partial charge in [-0.05, 0) is 49.5 Å². The third-order valence-electron chi connectivity index (χ3n) is 4.19. The summed E-state index contributed by atoms with van der Waals surface area (Å²) in [6, 6.07) is 0. The van der Waals surface area contributed by atoms with Crippen molar-refractivity contribution in [3.8, 4) is 0 Å². The fourth-order valence-corrected chi connectivity index (χ4v) is 2.85. The van der Waals surface area contributed by atoms with Crippen molar-refractivity contribution in [3.05, 3.63) is 82.7 Å². The third kappa shape index (κ3) is 6.96. The molecular formula is C23H30O2. The summed E-state index contributed by atoms with van der Waals surface area (Å²) in [6.07, 6.45) is 19.4. The van der Waals surface area contributed by atoms with Crippen molar-refractivity contribution < 1.29 is 9.53 Å². The number of carbonyl (C=O) groups is 1. The van der Waals surface area contributed by atoms with E-state index in [9.17, 15) is 4.79 Å². The largest absolute Gasteiger partial charge is 0.501 e. The van der Waals surface area contributed by atoms with Crippen LogP contribution < -0.4 is 0 Å². The summed E-state index contributed by atoms with van der Waals surface area (Å²) in [5, 5.41) is 0. The van der Waals surface area contributed by atoms with Crippen molar-refractivity contribution in [2.45, 2.75) is 41.0 Å². The number of hydrogen-bond donors (Lipinski definition) is 0. The normalized spacial score (nSPS) is 19.2. The van der Waals surface area contributed by atoms with E-state index in [-0.39, 0.29) is 5.41 Å². The maximum atomic E-state index is 10.2. The highest BCUT2D eigenvalue weighted by atomic mass is 16.5. The Balaban J connectivity index is 2.86. The van der Waals surface area contributed by atoms with E-state index in [1.54, 1.807) is 13.2 Å². The smallest absolute Gasteiger partial charge is 0.142 e. The summed E-state index contributed by atoms with van der Waals surface area (Å²) in [5.74, 6) is 1.04. The molecule has 0 fully saturated rings. The molecule has 0 N–H and O–H groups in total. The van der Waals surface area contributed by atoms with Crippen LogP contribution in [0.5, 0.6) is 0 Å². The zero-order valence-corrected chi connectivity index (χ0v) is 16.3. The van der Waals surface area contributed by atoms with Crippen LogP contribution in [-0.4, -0.2) is 13.4 Å². The Hall–Kier alpha value is -2.35. The minimum atomic E-state index is 0.0705. The number of allylic oxidation sites excluding steroid dienone is 14. The Morgan fingerprint density at radius 3 is 2.32 bits per heavy atom. The molecule has 25 heavy (non-hydrogen) atoms. The average molecular weight is 338 g/mol. The predicted molar refractivity (Wildman–Crippen MR) is 107 cm³/mol. The van der Waals surface area contributed by atoms with Crippen LogP contribution in [0.15, 0.2) is 82.7 Å². The lowest BCUT2D eigenvalue weighted by atomic mass is 9.74. The molecule has 0 aromatic carbocycles. The molecule has 0 amide bonds. The van der Waals surface area contributed by atoms with Crippen LogP contribution in [-0.2, 0) is 9.53 Å². The molecule has 134 valence electrons. The van der Waals surface area contributed by atoms with Crippen molar-refractivity contribution in [1.82, 2.24) is 0 Å². The molecule has 0 aromatic heterocycles. The van der Waals surface area contributed by atoms with Crippen LogP contribution in [0.25, 0.3) is 0 Å². The highest BCUT2D eigenvalue weighted by Crippen LogP contribution is 2.40. The molecule has 1 rings (SSSR count). The number of hydrogen-bond acceptors (Lipinski definition) is 2. The lowest BCUT2D eigenvalue weighted by Gasteiger charge is -2.32. The molecule has 2 heteroatoms. The minimum absolute atomic E-state index is 0.0705. The SMILES string of the molecule is COC1=CC(C)=C(/C=C/C(C)=C/C=C/C(C)=C/C=C/C=O)C(C)(C)C1. The molecule has 0 atom stereocenters. The lowest BCUT2D eigenvalue weighted by molar-refractivity contribution is -0.104. The molecule has 0 saturated carbocycles. The lowest BCUT2D eigenvalue weighted by Crippen LogP contribution is -2.20. The summed E-state index contributed by atoms with van der Waals surface area (Å²) < 4.78 is 5.43. The summed E-state index contributed by atoms with van der Waals surface area (Å²) in [4.78, 5) is 10.2. The van der Waals surface area contributed by atoms with Gasteiger partial charge in [0.2, 0.25) is 0 Å². The van der Waals surface area contributed by atoms with E-state index < -0.39 is 0 Å². The summed E-state index contributed by atoms with van der Waals surface area (Å²) in [5.41, 5.74) is 4.95. The number of methoxy groups -OCH3 is 1. The van der Waals surface area contributed by atoms with Crippen LogP contribution in [0.2, 0.25) is 0 Å². The van der Waals surface area contributed by atoms with E-state index in [4.69, 9.17) is 4.74 Å². The molecule has 0 spiro atoms.